The molecule has 2 saturated heterocycles. The van der Waals surface area contributed by atoms with E-state index in [4.69, 9.17) is 9.47 Å². The third kappa shape index (κ3) is 6.76. The molecule has 2 N–H and O–H groups in total. The van der Waals surface area contributed by atoms with Crippen LogP contribution in [0.1, 0.15) is 38.2 Å². The Bertz CT molecular complexity index is 589. The molecule has 0 saturated carbocycles. The van der Waals surface area contributed by atoms with Gasteiger partial charge in [0.25, 0.3) is 0 Å². The summed E-state index contributed by atoms with van der Waals surface area (Å²) in [6.45, 7) is 7.60. The maximum absolute atomic E-state index is 5.72. The third-order valence-electron chi connectivity index (χ3n) is 5.58. The Kier molecular flexibility index (Phi) is 8.58. The minimum atomic E-state index is 0.311. The van der Waals surface area contributed by atoms with Crippen LogP contribution in [0.4, 0.5) is 0 Å². The summed E-state index contributed by atoms with van der Waals surface area (Å²) in [5.41, 5.74) is 1.38. The highest BCUT2D eigenvalue weighted by Crippen LogP contribution is 2.20. The van der Waals surface area contributed by atoms with Crippen molar-refractivity contribution in [1.82, 2.24) is 15.5 Å². The van der Waals surface area contributed by atoms with E-state index >= 15 is 0 Å². The molecule has 3 atom stereocenters. The van der Waals surface area contributed by atoms with Gasteiger partial charge in [0.05, 0.1) is 12.7 Å². The lowest BCUT2D eigenvalue weighted by Gasteiger charge is -2.21. The fourth-order valence-electron chi connectivity index (χ4n) is 4.00. The van der Waals surface area contributed by atoms with Crippen LogP contribution < -0.4 is 10.6 Å². The molecule has 0 radical (unpaired) electrons. The Morgan fingerprint density at radius 3 is 2.93 bits per heavy atom. The molecule has 0 spiro atoms. The molecule has 1 aromatic carbocycles. The van der Waals surface area contributed by atoms with Crippen molar-refractivity contribution in [3.8, 4) is 0 Å². The first-order valence-electron chi connectivity index (χ1n) is 10.7. The van der Waals surface area contributed by atoms with Crippen LogP contribution in [0.5, 0.6) is 0 Å². The monoisotopic (exact) mass is 388 g/mol. The van der Waals surface area contributed by atoms with Gasteiger partial charge < -0.3 is 20.1 Å². The predicted molar refractivity (Wildman–Crippen MR) is 114 cm³/mol. The molecule has 156 valence electrons. The second-order valence-corrected chi connectivity index (χ2v) is 7.90. The van der Waals surface area contributed by atoms with Crippen molar-refractivity contribution in [1.29, 1.82) is 0 Å². The minimum absolute atomic E-state index is 0.311. The third-order valence-corrected chi connectivity index (χ3v) is 5.58. The smallest absolute Gasteiger partial charge is 0.191 e. The normalized spacial score (nSPS) is 25.9. The topological polar surface area (TPSA) is 58.1 Å². The van der Waals surface area contributed by atoms with Gasteiger partial charge >= 0.3 is 0 Å². The van der Waals surface area contributed by atoms with E-state index in [9.17, 15) is 0 Å². The summed E-state index contributed by atoms with van der Waals surface area (Å²) >= 11 is 0. The Hall–Kier alpha value is -1.63. The van der Waals surface area contributed by atoms with Crippen LogP contribution in [-0.4, -0.2) is 69.0 Å². The lowest BCUT2D eigenvalue weighted by atomic mass is 10.2. The van der Waals surface area contributed by atoms with E-state index in [1.165, 1.54) is 12.0 Å². The quantitative estimate of drug-likeness (QED) is 0.386. The van der Waals surface area contributed by atoms with Gasteiger partial charge in [0.1, 0.15) is 0 Å². The average Bonchev–Trinajstić information content (AvgIpc) is 3.34. The van der Waals surface area contributed by atoms with Crippen LogP contribution in [0.3, 0.4) is 0 Å². The molecule has 3 rings (SSSR count). The van der Waals surface area contributed by atoms with Crippen LogP contribution >= 0.6 is 0 Å². The number of benzene rings is 1. The Balaban J connectivity index is 1.31. The standard InChI is InChI=1S/C22H36N4O2/c1-18-14-20(16-26(18)15-19-8-4-3-5-9-19)25-22(23-2)24-11-7-12-27-17-21-10-6-13-28-21/h3-5,8-9,18,20-21H,6-7,10-17H2,1-2H3,(H2,23,24,25). The fraction of sp³-hybridized carbons (Fsp3) is 0.682. The first kappa shape index (κ1) is 21.1. The van der Waals surface area contributed by atoms with E-state index in [2.05, 4.69) is 57.8 Å². The van der Waals surface area contributed by atoms with E-state index in [0.29, 0.717) is 18.2 Å². The highest BCUT2D eigenvalue weighted by Gasteiger charge is 2.29. The van der Waals surface area contributed by atoms with Gasteiger partial charge in [-0.15, -0.1) is 0 Å². The fourth-order valence-corrected chi connectivity index (χ4v) is 4.00. The first-order chi connectivity index (χ1) is 13.7. The molecule has 0 bridgehead atoms. The van der Waals surface area contributed by atoms with Gasteiger partial charge in [-0.2, -0.15) is 0 Å². The number of nitrogens with zero attached hydrogens (tertiary/aromatic N) is 2. The number of likely N-dealkylation sites (tertiary alicyclic amines) is 1. The van der Waals surface area contributed by atoms with E-state index in [0.717, 1.165) is 64.7 Å². The maximum Gasteiger partial charge on any atom is 0.191 e. The van der Waals surface area contributed by atoms with Crippen LogP contribution in [0, 0.1) is 0 Å². The molecule has 0 amide bonds. The first-order valence-corrected chi connectivity index (χ1v) is 10.7. The van der Waals surface area contributed by atoms with Crippen LogP contribution in [-0.2, 0) is 16.0 Å². The molecule has 0 aromatic heterocycles. The molecular formula is C22H36N4O2. The van der Waals surface area contributed by atoms with Crippen molar-refractivity contribution in [3.05, 3.63) is 35.9 Å². The molecule has 2 aliphatic heterocycles. The van der Waals surface area contributed by atoms with Gasteiger partial charge in [0, 0.05) is 52.0 Å². The molecule has 0 aliphatic carbocycles. The zero-order valence-electron chi connectivity index (χ0n) is 17.4. The number of ether oxygens (including phenoxy) is 2. The van der Waals surface area contributed by atoms with Crippen molar-refractivity contribution in [2.75, 3.05) is 40.0 Å². The number of hydrogen-bond donors (Lipinski definition) is 2. The summed E-state index contributed by atoms with van der Waals surface area (Å²) in [6, 6.07) is 11.7. The molecule has 3 unspecified atom stereocenters. The van der Waals surface area contributed by atoms with Crippen molar-refractivity contribution < 1.29 is 9.47 Å². The van der Waals surface area contributed by atoms with Crippen LogP contribution in [0.2, 0.25) is 0 Å². The largest absolute Gasteiger partial charge is 0.379 e. The zero-order chi connectivity index (χ0) is 19.6. The van der Waals surface area contributed by atoms with Gasteiger partial charge in [0.2, 0.25) is 0 Å². The maximum atomic E-state index is 5.72. The van der Waals surface area contributed by atoms with Crippen molar-refractivity contribution in [2.45, 2.75) is 57.3 Å². The van der Waals surface area contributed by atoms with Crippen molar-refractivity contribution in [3.63, 3.8) is 0 Å². The second kappa shape index (κ2) is 11.4. The summed E-state index contributed by atoms with van der Waals surface area (Å²) in [5, 5.41) is 7.00. The molecule has 1 aromatic rings. The van der Waals surface area contributed by atoms with Crippen LogP contribution in [0.25, 0.3) is 0 Å². The molecule has 6 heteroatoms. The molecule has 2 fully saturated rings. The van der Waals surface area contributed by atoms with Crippen LogP contribution in [0.15, 0.2) is 35.3 Å². The minimum Gasteiger partial charge on any atom is -0.379 e. The van der Waals surface area contributed by atoms with Gasteiger partial charge in [-0.1, -0.05) is 30.3 Å². The lowest BCUT2D eigenvalue weighted by molar-refractivity contribution is 0.0168. The van der Waals surface area contributed by atoms with Gasteiger partial charge in [-0.05, 0) is 38.2 Å². The molecule has 2 aliphatic rings. The van der Waals surface area contributed by atoms with Gasteiger partial charge in [-0.3, -0.25) is 9.89 Å². The summed E-state index contributed by atoms with van der Waals surface area (Å²) in [5.74, 6) is 0.887. The Morgan fingerprint density at radius 1 is 1.32 bits per heavy atom. The second-order valence-electron chi connectivity index (χ2n) is 7.90. The number of nitrogens with one attached hydrogen (secondary N) is 2. The number of guanidine groups is 1. The zero-order valence-corrected chi connectivity index (χ0v) is 17.4. The van der Waals surface area contributed by atoms with E-state index in [1.54, 1.807) is 0 Å². The molecule has 6 nitrogen and oxygen atoms in total. The highest BCUT2D eigenvalue weighted by molar-refractivity contribution is 5.80. The van der Waals surface area contributed by atoms with Gasteiger partial charge in [0.15, 0.2) is 5.96 Å². The van der Waals surface area contributed by atoms with Crippen molar-refractivity contribution in [2.24, 2.45) is 4.99 Å². The highest BCUT2D eigenvalue weighted by atomic mass is 16.5. The van der Waals surface area contributed by atoms with E-state index in [-0.39, 0.29) is 0 Å². The predicted octanol–water partition coefficient (Wildman–Crippen LogP) is 2.40. The summed E-state index contributed by atoms with van der Waals surface area (Å²) in [4.78, 5) is 6.92. The number of rotatable bonds is 9. The molecule has 2 heterocycles. The van der Waals surface area contributed by atoms with Crippen molar-refractivity contribution >= 4 is 5.96 Å². The summed E-state index contributed by atoms with van der Waals surface area (Å²) < 4.78 is 11.3. The van der Waals surface area contributed by atoms with E-state index in [1.807, 2.05) is 7.05 Å². The molecule has 28 heavy (non-hydrogen) atoms. The average molecular weight is 389 g/mol. The van der Waals surface area contributed by atoms with Gasteiger partial charge in [-0.25, -0.2) is 0 Å². The SMILES string of the molecule is CN=C(NCCCOCC1CCCO1)NC1CC(C)N(Cc2ccccc2)C1. The Labute approximate surface area is 169 Å². The number of aliphatic imine (C=N–C) groups is 1. The lowest BCUT2D eigenvalue weighted by Crippen LogP contribution is -2.44. The molecular weight excluding hydrogens is 352 g/mol. The number of hydrogen-bond acceptors (Lipinski definition) is 4. The summed E-state index contributed by atoms with van der Waals surface area (Å²) in [7, 11) is 1.84. The summed E-state index contributed by atoms with van der Waals surface area (Å²) in [6.07, 6.45) is 4.72. The Morgan fingerprint density at radius 2 is 2.18 bits per heavy atom. The van der Waals surface area contributed by atoms with E-state index < -0.39 is 0 Å².